The normalized spacial score (nSPS) is 22.3. The largest absolute Gasteiger partial charge is 0.355 e. The predicted molar refractivity (Wildman–Crippen MR) is 95.0 cm³/mol. The number of hydrogen-bond acceptors (Lipinski definition) is 3. The second-order valence-electron chi connectivity index (χ2n) is 7.04. The third kappa shape index (κ3) is 3.46. The molecule has 0 saturated carbocycles. The van der Waals surface area contributed by atoms with E-state index in [2.05, 4.69) is 30.5 Å². The summed E-state index contributed by atoms with van der Waals surface area (Å²) in [6.07, 6.45) is 1.34. The van der Waals surface area contributed by atoms with Gasteiger partial charge in [-0.3, -0.25) is 9.59 Å². The van der Waals surface area contributed by atoms with E-state index in [1.807, 2.05) is 18.2 Å². The number of carbonyl (C=O) groups is 2. The van der Waals surface area contributed by atoms with Crippen molar-refractivity contribution in [3.63, 3.8) is 0 Å². The van der Waals surface area contributed by atoms with Crippen LogP contribution in [0.4, 0.5) is 5.69 Å². The van der Waals surface area contributed by atoms with Crippen LogP contribution in [0.2, 0.25) is 0 Å². The van der Waals surface area contributed by atoms with Gasteiger partial charge in [0.2, 0.25) is 11.8 Å². The van der Waals surface area contributed by atoms with Crippen LogP contribution < -0.4 is 15.5 Å². The molecule has 2 fully saturated rings. The lowest BCUT2D eigenvalue weighted by Gasteiger charge is -2.27. The molecule has 1 aromatic carbocycles. The zero-order valence-electron chi connectivity index (χ0n) is 14.5. The molecule has 3 rings (SSSR count). The molecule has 1 aromatic rings. The van der Waals surface area contributed by atoms with E-state index in [0.717, 1.165) is 25.2 Å². The van der Waals surface area contributed by atoms with E-state index < -0.39 is 0 Å². The molecule has 2 aliphatic rings. The number of benzene rings is 1. The molecule has 2 unspecified atom stereocenters. The minimum Gasteiger partial charge on any atom is -0.355 e. The van der Waals surface area contributed by atoms with Crippen molar-refractivity contribution < 1.29 is 9.59 Å². The summed E-state index contributed by atoms with van der Waals surface area (Å²) in [5, 5.41) is 6.21. The number of para-hydroxylation sites is 1. The van der Waals surface area contributed by atoms with Crippen LogP contribution in [0, 0.1) is 11.8 Å². The molecule has 2 heterocycles. The maximum atomic E-state index is 12.5. The Labute approximate surface area is 143 Å². The highest BCUT2D eigenvalue weighted by Crippen LogP contribution is 2.33. The molecule has 0 bridgehead atoms. The van der Waals surface area contributed by atoms with Crippen LogP contribution in [-0.2, 0) is 9.59 Å². The molecule has 0 radical (unpaired) electrons. The maximum Gasteiger partial charge on any atom is 0.227 e. The van der Waals surface area contributed by atoms with Crippen molar-refractivity contribution in [3.05, 3.63) is 29.8 Å². The van der Waals surface area contributed by atoms with E-state index in [1.54, 1.807) is 4.90 Å². The average molecular weight is 329 g/mol. The first-order valence-electron chi connectivity index (χ1n) is 8.97. The van der Waals surface area contributed by atoms with Gasteiger partial charge in [-0.1, -0.05) is 32.0 Å². The Morgan fingerprint density at radius 3 is 2.79 bits per heavy atom. The minimum absolute atomic E-state index is 0.0128. The highest BCUT2D eigenvalue weighted by molar-refractivity contribution is 6.00. The Balaban J connectivity index is 1.67. The van der Waals surface area contributed by atoms with Gasteiger partial charge in [-0.05, 0) is 24.0 Å². The van der Waals surface area contributed by atoms with Gasteiger partial charge in [-0.2, -0.15) is 0 Å². The first kappa shape index (κ1) is 17.0. The van der Waals surface area contributed by atoms with Crippen molar-refractivity contribution in [2.45, 2.75) is 32.6 Å². The third-order valence-corrected chi connectivity index (χ3v) is 5.30. The Kier molecular flexibility index (Phi) is 5.19. The molecule has 5 heteroatoms. The lowest BCUT2D eigenvalue weighted by Crippen LogP contribution is -2.49. The van der Waals surface area contributed by atoms with Crippen LogP contribution in [0.15, 0.2) is 24.3 Å². The van der Waals surface area contributed by atoms with Gasteiger partial charge >= 0.3 is 0 Å². The molecule has 2 N–H and O–H groups in total. The van der Waals surface area contributed by atoms with Crippen LogP contribution in [0.25, 0.3) is 0 Å². The van der Waals surface area contributed by atoms with Crippen LogP contribution >= 0.6 is 0 Å². The summed E-state index contributed by atoms with van der Waals surface area (Å²) in [4.78, 5) is 26.7. The van der Waals surface area contributed by atoms with E-state index >= 15 is 0 Å². The summed E-state index contributed by atoms with van der Waals surface area (Å²) in [6.45, 7) is 7.46. The van der Waals surface area contributed by atoms with Crippen molar-refractivity contribution >= 4 is 17.5 Å². The molecule has 2 aliphatic heterocycles. The molecule has 0 aromatic heterocycles. The second-order valence-corrected chi connectivity index (χ2v) is 7.04. The van der Waals surface area contributed by atoms with Crippen molar-refractivity contribution in [1.29, 1.82) is 0 Å². The molecule has 2 saturated heterocycles. The summed E-state index contributed by atoms with van der Waals surface area (Å²) in [6, 6.07) is 8.07. The number of amides is 2. The molecule has 0 spiro atoms. The van der Waals surface area contributed by atoms with Gasteiger partial charge < -0.3 is 15.5 Å². The van der Waals surface area contributed by atoms with Crippen LogP contribution in [0.5, 0.6) is 0 Å². The smallest absolute Gasteiger partial charge is 0.227 e. The van der Waals surface area contributed by atoms with E-state index in [4.69, 9.17) is 0 Å². The van der Waals surface area contributed by atoms with Crippen LogP contribution in [0.3, 0.4) is 0 Å². The van der Waals surface area contributed by atoms with Crippen molar-refractivity contribution in [1.82, 2.24) is 10.6 Å². The molecular weight excluding hydrogens is 302 g/mol. The zero-order valence-corrected chi connectivity index (χ0v) is 14.5. The Morgan fingerprint density at radius 2 is 2.12 bits per heavy atom. The van der Waals surface area contributed by atoms with Crippen molar-refractivity contribution in [2.75, 3.05) is 31.1 Å². The summed E-state index contributed by atoms with van der Waals surface area (Å²) in [5.41, 5.74) is 2.16. The fourth-order valence-electron chi connectivity index (χ4n) is 3.37. The summed E-state index contributed by atoms with van der Waals surface area (Å²) < 4.78 is 0. The van der Waals surface area contributed by atoms with Crippen molar-refractivity contribution in [2.24, 2.45) is 11.8 Å². The van der Waals surface area contributed by atoms with E-state index in [9.17, 15) is 9.59 Å². The summed E-state index contributed by atoms with van der Waals surface area (Å²) >= 11 is 0. The number of nitrogens with one attached hydrogen (secondary N) is 2. The maximum absolute atomic E-state index is 12.5. The van der Waals surface area contributed by atoms with Gasteiger partial charge in [0.25, 0.3) is 0 Å². The van der Waals surface area contributed by atoms with Crippen LogP contribution in [-0.4, -0.2) is 38.0 Å². The fraction of sp³-hybridized carbons (Fsp3) is 0.579. The molecule has 0 aliphatic carbocycles. The zero-order chi connectivity index (χ0) is 17.1. The standard InChI is InChI=1S/C19H27N3O2/c1-3-13(2)16-6-4-5-7-17(16)22-12-15(8-18(22)23)19(24)21-11-14-9-20-10-14/h4-7,13-15,20H,3,8-12H2,1-2H3,(H,21,24). The highest BCUT2D eigenvalue weighted by Gasteiger charge is 2.36. The minimum atomic E-state index is -0.240. The van der Waals surface area contributed by atoms with Gasteiger partial charge in [-0.15, -0.1) is 0 Å². The topological polar surface area (TPSA) is 61.4 Å². The second kappa shape index (κ2) is 7.34. The number of hydrogen-bond donors (Lipinski definition) is 2. The lowest BCUT2D eigenvalue weighted by molar-refractivity contribution is -0.126. The van der Waals surface area contributed by atoms with Crippen molar-refractivity contribution in [3.8, 4) is 0 Å². The molecular formula is C19H27N3O2. The van der Waals surface area contributed by atoms with Crippen LogP contribution in [0.1, 0.15) is 38.2 Å². The molecule has 2 atom stereocenters. The van der Waals surface area contributed by atoms with Gasteiger partial charge in [0, 0.05) is 44.2 Å². The number of nitrogens with zero attached hydrogens (tertiary/aromatic N) is 1. The predicted octanol–water partition coefficient (Wildman–Crippen LogP) is 1.89. The summed E-state index contributed by atoms with van der Waals surface area (Å²) in [7, 11) is 0. The molecule has 24 heavy (non-hydrogen) atoms. The Hall–Kier alpha value is -1.88. The Bertz CT molecular complexity index is 612. The number of anilines is 1. The molecule has 130 valence electrons. The average Bonchev–Trinajstić information content (AvgIpc) is 2.94. The van der Waals surface area contributed by atoms with Gasteiger partial charge in [0.15, 0.2) is 0 Å². The molecule has 2 amide bonds. The lowest BCUT2D eigenvalue weighted by atomic mass is 9.96. The number of carbonyl (C=O) groups excluding carboxylic acids is 2. The third-order valence-electron chi connectivity index (χ3n) is 5.30. The van der Waals surface area contributed by atoms with Gasteiger partial charge in [0.1, 0.15) is 0 Å². The first-order chi connectivity index (χ1) is 11.6. The Morgan fingerprint density at radius 1 is 1.38 bits per heavy atom. The quantitative estimate of drug-likeness (QED) is 0.838. The monoisotopic (exact) mass is 329 g/mol. The van der Waals surface area contributed by atoms with E-state index in [0.29, 0.717) is 31.3 Å². The van der Waals surface area contributed by atoms with Gasteiger partial charge in [-0.25, -0.2) is 0 Å². The first-order valence-corrected chi connectivity index (χ1v) is 8.97. The fourth-order valence-corrected chi connectivity index (χ4v) is 3.37. The summed E-state index contributed by atoms with van der Waals surface area (Å²) in [5.74, 6) is 0.756. The number of rotatable bonds is 6. The highest BCUT2D eigenvalue weighted by atomic mass is 16.2. The van der Waals surface area contributed by atoms with E-state index in [-0.39, 0.29) is 17.7 Å². The van der Waals surface area contributed by atoms with E-state index in [1.165, 1.54) is 5.56 Å². The van der Waals surface area contributed by atoms with Gasteiger partial charge in [0.05, 0.1) is 5.92 Å². The molecule has 5 nitrogen and oxygen atoms in total. The SMILES string of the molecule is CCC(C)c1ccccc1N1CC(C(=O)NCC2CNC2)CC1=O.